The zero-order chi connectivity index (χ0) is 14.4. The van der Waals surface area contributed by atoms with Crippen molar-refractivity contribution in [2.24, 2.45) is 5.84 Å². The summed E-state index contributed by atoms with van der Waals surface area (Å²) in [6.45, 7) is 0.360. The van der Waals surface area contributed by atoms with Crippen molar-refractivity contribution >= 4 is 23.4 Å². The van der Waals surface area contributed by atoms with Gasteiger partial charge in [0.15, 0.2) is 5.16 Å². The standard InChI is InChI=1S/C13H17N5OS/c1-20-13-16-11(7-12(17-13)18-14)15-8-10(19)9-5-3-2-4-6-9/h2-7,10,19H,8,14H2,1H3,(H2,15,16,17,18). The number of aromatic nitrogens is 2. The Morgan fingerprint density at radius 2 is 1.95 bits per heavy atom. The van der Waals surface area contributed by atoms with Crippen LogP contribution < -0.4 is 16.6 Å². The van der Waals surface area contributed by atoms with Crippen molar-refractivity contribution in [3.8, 4) is 0 Å². The number of nitrogens with one attached hydrogen (secondary N) is 2. The Morgan fingerprint density at radius 3 is 2.60 bits per heavy atom. The van der Waals surface area contributed by atoms with Gasteiger partial charge in [0.25, 0.3) is 0 Å². The monoisotopic (exact) mass is 291 g/mol. The summed E-state index contributed by atoms with van der Waals surface area (Å²) in [5, 5.41) is 13.8. The largest absolute Gasteiger partial charge is 0.387 e. The molecule has 1 aromatic heterocycles. The zero-order valence-corrected chi connectivity index (χ0v) is 11.9. The molecule has 0 aliphatic heterocycles. The van der Waals surface area contributed by atoms with Crippen LogP contribution in [0.3, 0.4) is 0 Å². The van der Waals surface area contributed by atoms with E-state index in [1.165, 1.54) is 11.8 Å². The summed E-state index contributed by atoms with van der Waals surface area (Å²) in [6.07, 6.45) is 1.29. The number of anilines is 2. The van der Waals surface area contributed by atoms with E-state index < -0.39 is 6.10 Å². The Kier molecular flexibility index (Phi) is 5.16. The van der Waals surface area contributed by atoms with Crippen LogP contribution in [0, 0.1) is 0 Å². The van der Waals surface area contributed by atoms with E-state index in [1.807, 2.05) is 36.6 Å². The highest BCUT2D eigenvalue weighted by Gasteiger charge is 2.08. The molecule has 2 aromatic rings. The molecule has 0 saturated carbocycles. The fourth-order valence-electron chi connectivity index (χ4n) is 1.68. The second kappa shape index (κ2) is 7.09. The number of nitrogen functional groups attached to an aromatic ring is 1. The highest BCUT2D eigenvalue weighted by atomic mass is 32.2. The summed E-state index contributed by atoms with van der Waals surface area (Å²) >= 11 is 1.42. The number of aliphatic hydroxyl groups excluding tert-OH is 1. The topological polar surface area (TPSA) is 96.1 Å². The van der Waals surface area contributed by atoms with E-state index in [-0.39, 0.29) is 0 Å². The van der Waals surface area contributed by atoms with E-state index in [1.54, 1.807) is 6.07 Å². The lowest BCUT2D eigenvalue weighted by Gasteiger charge is -2.13. The van der Waals surface area contributed by atoms with E-state index in [9.17, 15) is 5.11 Å². The molecule has 1 heterocycles. The van der Waals surface area contributed by atoms with Gasteiger partial charge in [0.1, 0.15) is 11.6 Å². The normalized spacial score (nSPS) is 11.9. The van der Waals surface area contributed by atoms with Crippen LogP contribution in [0.1, 0.15) is 11.7 Å². The first-order valence-electron chi connectivity index (χ1n) is 6.09. The Bertz CT molecular complexity index is 529. The van der Waals surface area contributed by atoms with Crippen LogP contribution in [0.15, 0.2) is 41.6 Å². The molecule has 1 unspecified atom stereocenters. The number of benzene rings is 1. The summed E-state index contributed by atoms with van der Waals surface area (Å²) in [4.78, 5) is 8.47. The Hall–Kier alpha value is -1.83. The molecular weight excluding hydrogens is 274 g/mol. The van der Waals surface area contributed by atoms with Gasteiger partial charge in [-0.05, 0) is 11.8 Å². The maximum absolute atomic E-state index is 10.1. The fourth-order valence-corrected chi connectivity index (χ4v) is 2.05. The zero-order valence-electron chi connectivity index (χ0n) is 11.1. The third-order valence-corrected chi connectivity index (χ3v) is 3.24. The number of rotatable bonds is 6. The molecule has 2 rings (SSSR count). The lowest BCUT2D eigenvalue weighted by molar-refractivity contribution is 0.191. The van der Waals surface area contributed by atoms with Gasteiger partial charge in [-0.1, -0.05) is 42.1 Å². The number of hydrazine groups is 1. The first kappa shape index (κ1) is 14.6. The minimum absolute atomic E-state index is 0.360. The van der Waals surface area contributed by atoms with Crippen molar-refractivity contribution in [1.82, 2.24) is 9.97 Å². The lowest BCUT2D eigenvalue weighted by Crippen LogP contribution is -2.15. The van der Waals surface area contributed by atoms with Gasteiger partial charge in [-0.15, -0.1) is 0 Å². The molecule has 0 aliphatic carbocycles. The highest BCUT2D eigenvalue weighted by molar-refractivity contribution is 7.98. The third kappa shape index (κ3) is 3.83. The van der Waals surface area contributed by atoms with Gasteiger partial charge in [-0.25, -0.2) is 15.8 Å². The third-order valence-electron chi connectivity index (χ3n) is 2.70. The molecule has 0 saturated heterocycles. The van der Waals surface area contributed by atoms with Crippen molar-refractivity contribution in [2.45, 2.75) is 11.3 Å². The van der Waals surface area contributed by atoms with Crippen LogP contribution in [0.4, 0.5) is 11.6 Å². The van der Waals surface area contributed by atoms with Gasteiger partial charge in [-0.3, -0.25) is 0 Å². The van der Waals surface area contributed by atoms with Crippen LogP contribution in [0.25, 0.3) is 0 Å². The molecule has 20 heavy (non-hydrogen) atoms. The summed E-state index contributed by atoms with van der Waals surface area (Å²) in [6, 6.07) is 11.2. The predicted molar refractivity (Wildman–Crippen MR) is 81.5 cm³/mol. The van der Waals surface area contributed by atoms with Gasteiger partial charge >= 0.3 is 0 Å². The van der Waals surface area contributed by atoms with Gasteiger partial charge in [-0.2, -0.15) is 0 Å². The molecule has 0 spiro atoms. The summed E-state index contributed by atoms with van der Waals surface area (Å²) < 4.78 is 0. The predicted octanol–water partition coefficient (Wildman–Crippen LogP) is 1.63. The van der Waals surface area contributed by atoms with Crippen LogP contribution in [0.2, 0.25) is 0 Å². The van der Waals surface area contributed by atoms with Crippen molar-refractivity contribution in [2.75, 3.05) is 23.5 Å². The number of hydrogen-bond acceptors (Lipinski definition) is 7. The molecule has 1 aromatic carbocycles. The van der Waals surface area contributed by atoms with Crippen molar-refractivity contribution in [3.63, 3.8) is 0 Å². The van der Waals surface area contributed by atoms with E-state index >= 15 is 0 Å². The van der Waals surface area contributed by atoms with Crippen LogP contribution in [0.5, 0.6) is 0 Å². The number of thioether (sulfide) groups is 1. The van der Waals surface area contributed by atoms with Crippen molar-refractivity contribution in [1.29, 1.82) is 0 Å². The van der Waals surface area contributed by atoms with Gasteiger partial charge in [0, 0.05) is 12.6 Å². The lowest BCUT2D eigenvalue weighted by atomic mass is 10.1. The summed E-state index contributed by atoms with van der Waals surface area (Å²) in [5.41, 5.74) is 3.35. The van der Waals surface area contributed by atoms with Crippen LogP contribution in [-0.2, 0) is 0 Å². The van der Waals surface area contributed by atoms with E-state index in [4.69, 9.17) is 5.84 Å². The quantitative estimate of drug-likeness (QED) is 0.278. The van der Waals surface area contributed by atoms with Crippen LogP contribution in [-0.4, -0.2) is 27.9 Å². The average Bonchev–Trinajstić information content (AvgIpc) is 2.53. The molecule has 0 aliphatic rings. The van der Waals surface area contributed by atoms with Crippen molar-refractivity contribution in [3.05, 3.63) is 42.0 Å². The Morgan fingerprint density at radius 1 is 1.25 bits per heavy atom. The maximum Gasteiger partial charge on any atom is 0.191 e. The van der Waals surface area contributed by atoms with E-state index in [0.717, 1.165) is 5.56 Å². The van der Waals surface area contributed by atoms with Gasteiger partial charge in [0.2, 0.25) is 0 Å². The van der Waals surface area contributed by atoms with Crippen molar-refractivity contribution < 1.29 is 5.11 Å². The second-order valence-corrected chi connectivity index (χ2v) is 4.85. The molecule has 7 heteroatoms. The molecule has 0 amide bonds. The number of nitrogens with zero attached hydrogens (tertiary/aromatic N) is 2. The number of aliphatic hydroxyl groups is 1. The molecule has 106 valence electrons. The molecule has 0 bridgehead atoms. The fraction of sp³-hybridized carbons (Fsp3) is 0.231. The van der Waals surface area contributed by atoms with Gasteiger partial charge < -0.3 is 15.8 Å². The molecule has 1 atom stereocenters. The maximum atomic E-state index is 10.1. The minimum Gasteiger partial charge on any atom is -0.387 e. The minimum atomic E-state index is -0.599. The first-order chi connectivity index (χ1) is 9.72. The molecule has 5 N–H and O–H groups in total. The summed E-state index contributed by atoms with van der Waals surface area (Å²) in [5.74, 6) is 6.51. The second-order valence-electron chi connectivity index (χ2n) is 4.08. The summed E-state index contributed by atoms with van der Waals surface area (Å²) in [7, 11) is 0. The SMILES string of the molecule is CSc1nc(NN)cc(NCC(O)c2ccccc2)n1. The molecule has 6 nitrogen and oxygen atoms in total. The van der Waals surface area contributed by atoms with Gasteiger partial charge in [0.05, 0.1) is 6.10 Å². The van der Waals surface area contributed by atoms with E-state index in [2.05, 4.69) is 20.7 Å². The molecule has 0 fully saturated rings. The molecule has 0 radical (unpaired) electrons. The number of hydrogen-bond donors (Lipinski definition) is 4. The van der Waals surface area contributed by atoms with Crippen LogP contribution >= 0.6 is 11.8 Å². The first-order valence-corrected chi connectivity index (χ1v) is 7.32. The smallest absolute Gasteiger partial charge is 0.191 e. The Balaban J connectivity index is 2.03. The molecular formula is C13H17N5OS. The average molecular weight is 291 g/mol. The Labute approximate surface area is 121 Å². The highest BCUT2D eigenvalue weighted by Crippen LogP contribution is 2.18. The van der Waals surface area contributed by atoms with E-state index in [0.29, 0.717) is 23.3 Å². The number of nitrogens with two attached hydrogens (primary N) is 1.